The number of methoxy groups -OCH3 is 1. The van der Waals surface area contributed by atoms with E-state index >= 15 is 0 Å². The number of carbonyl (C=O) groups is 3. The highest BCUT2D eigenvalue weighted by Crippen LogP contribution is 2.45. The fourth-order valence-corrected chi connectivity index (χ4v) is 4.83. The lowest BCUT2D eigenvalue weighted by atomic mass is 9.94. The Bertz CT molecular complexity index is 1430. The van der Waals surface area contributed by atoms with Gasteiger partial charge in [-0.05, 0) is 66.4 Å². The molecule has 1 aliphatic rings. The van der Waals surface area contributed by atoms with Crippen molar-refractivity contribution in [3.05, 3.63) is 93.5 Å². The van der Waals surface area contributed by atoms with Crippen LogP contribution in [0.1, 0.15) is 42.1 Å². The number of halogens is 1. The van der Waals surface area contributed by atoms with Crippen molar-refractivity contribution in [1.82, 2.24) is 0 Å². The van der Waals surface area contributed by atoms with Crippen molar-refractivity contribution in [3.63, 3.8) is 0 Å². The lowest BCUT2D eigenvalue weighted by Crippen LogP contribution is -2.29. The van der Waals surface area contributed by atoms with E-state index in [1.54, 1.807) is 55.5 Å². The van der Waals surface area contributed by atoms with E-state index in [1.165, 1.54) is 18.9 Å². The Morgan fingerprint density at radius 1 is 1.08 bits per heavy atom. The van der Waals surface area contributed by atoms with Crippen molar-refractivity contribution in [1.29, 1.82) is 0 Å². The van der Waals surface area contributed by atoms with Crippen molar-refractivity contribution >= 4 is 40.7 Å². The van der Waals surface area contributed by atoms with Crippen LogP contribution in [0.2, 0.25) is 5.02 Å². The maximum Gasteiger partial charge on any atom is 0.308 e. The fraction of sp³-hybridized carbons (Fsp3) is 0.207. The van der Waals surface area contributed by atoms with Gasteiger partial charge in [-0.3, -0.25) is 19.3 Å². The number of carbonyl (C=O) groups excluding carboxylic acids is 3. The van der Waals surface area contributed by atoms with Gasteiger partial charge in [-0.2, -0.15) is 0 Å². The quantitative estimate of drug-likeness (QED) is 0.146. The Balaban J connectivity index is 1.99. The minimum absolute atomic E-state index is 0.135. The predicted molar refractivity (Wildman–Crippen MR) is 141 cm³/mol. The first kappa shape index (κ1) is 26.0. The van der Waals surface area contributed by atoms with Crippen LogP contribution in [0.4, 0.5) is 5.69 Å². The molecule has 1 saturated heterocycles. The van der Waals surface area contributed by atoms with E-state index in [-0.39, 0.29) is 27.7 Å². The van der Waals surface area contributed by atoms with Crippen molar-refractivity contribution in [2.24, 2.45) is 0 Å². The molecule has 0 spiro atoms. The van der Waals surface area contributed by atoms with Crippen LogP contribution in [0, 0.1) is 6.92 Å². The number of esters is 1. The van der Waals surface area contributed by atoms with Crippen molar-refractivity contribution in [2.75, 3.05) is 12.0 Å². The van der Waals surface area contributed by atoms with E-state index in [0.717, 1.165) is 17.5 Å². The summed E-state index contributed by atoms with van der Waals surface area (Å²) in [4.78, 5) is 39.8. The van der Waals surface area contributed by atoms with Gasteiger partial charge in [-0.1, -0.05) is 42.8 Å². The highest BCUT2D eigenvalue weighted by atomic mass is 35.5. The molecule has 1 aliphatic heterocycles. The number of amides is 1. The molecule has 0 saturated carbocycles. The molecule has 1 amide bonds. The molecule has 8 heteroatoms. The number of nitrogens with zero attached hydrogens (tertiary/aromatic N) is 1. The van der Waals surface area contributed by atoms with Crippen LogP contribution >= 0.6 is 11.6 Å². The zero-order valence-electron chi connectivity index (χ0n) is 20.9. The zero-order valence-corrected chi connectivity index (χ0v) is 21.6. The summed E-state index contributed by atoms with van der Waals surface area (Å²) >= 11 is 6.36. The van der Waals surface area contributed by atoms with Crippen LogP contribution in [0.15, 0.2) is 66.2 Å². The molecule has 0 radical (unpaired) electrons. The standard InChI is InChI=1S/C29H26ClNO6/c1-5-18-9-11-20(12-10-18)31-25(19-7-6-8-21(15-19)37-17(3)32)24(27(34)29(31)35)26(33)22-13-16(2)14-23(30)28(22)36-4/h6-15,25,33H,5H2,1-4H3/b26-24+. The summed E-state index contributed by atoms with van der Waals surface area (Å²) in [7, 11) is 1.40. The summed E-state index contributed by atoms with van der Waals surface area (Å²) in [5.74, 6) is -2.17. The molecular weight excluding hydrogens is 494 g/mol. The van der Waals surface area contributed by atoms with E-state index in [4.69, 9.17) is 21.1 Å². The molecule has 0 aliphatic carbocycles. The van der Waals surface area contributed by atoms with Crippen LogP contribution in [0.3, 0.4) is 0 Å². The number of hydrogen-bond acceptors (Lipinski definition) is 6. The molecule has 4 rings (SSSR count). The van der Waals surface area contributed by atoms with Gasteiger partial charge in [-0.15, -0.1) is 0 Å². The largest absolute Gasteiger partial charge is 0.507 e. The first-order valence-corrected chi connectivity index (χ1v) is 12.1. The maximum atomic E-state index is 13.5. The molecule has 1 unspecified atom stereocenters. The van der Waals surface area contributed by atoms with Gasteiger partial charge < -0.3 is 14.6 Å². The normalized spacial score (nSPS) is 16.7. The van der Waals surface area contributed by atoms with Gasteiger partial charge in [0, 0.05) is 12.6 Å². The average Bonchev–Trinajstić information content (AvgIpc) is 3.13. The summed E-state index contributed by atoms with van der Waals surface area (Å²) in [6.45, 7) is 5.08. The number of hydrogen-bond donors (Lipinski definition) is 1. The number of aliphatic hydroxyl groups is 1. The average molecular weight is 520 g/mol. The lowest BCUT2D eigenvalue weighted by molar-refractivity contribution is -0.132. The van der Waals surface area contributed by atoms with Crippen LogP contribution in [-0.2, 0) is 20.8 Å². The smallest absolute Gasteiger partial charge is 0.308 e. The monoisotopic (exact) mass is 519 g/mol. The van der Waals surface area contributed by atoms with E-state index < -0.39 is 29.5 Å². The molecule has 1 atom stereocenters. The van der Waals surface area contributed by atoms with Crippen LogP contribution in [-0.4, -0.2) is 29.9 Å². The van der Waals surface area contributed by atoms with E-state index in [2.05, 4.69) is 0 Å². The summed E-state index contributed by atoms with van der Waals surface area (Å²) in [5.41, 5.74) is 2.79. The van der Waals surface area contributed by atoms with Crippen LogP contribution in [0.25, 0.3) is 5.76 Å². The fourth-order valence-electron chi connectivity index (χ4n) is 4.48. The number of aliphatic hydroxyl groups excluding tert-OH is 1. The molecule has 7 nitrogen and oxygen atoms in total. The summed E-state index contributed by atoms with van der Waals surface area (Å²) in [6, 6.07) is 16.1. The van der Waals surface area contributed by atoms with Gasteiger partial charge in [0.15, 0.2) is 0 Å². The molecule has 37 heavy (non-hydrogen) atoms. The maximum absolute atomic E-state index is 13.5. The Morgan fingerprint density at radius 2 is 1.78 bits per heavy atom. The molecular formula is C29H26ClNO6. The molecule has 190 valence electrons. The third-order valence-electron chi connectivity index (χ3n) is 6.15. The summed E-state index contributed by atoms with van der Waals surface area (Å²) < 4.78 is 10.7. The summed E-state index contributed by atoms with van der Waals surface area (Å²) in [6.07, 6.45) is 0.806. The Morgan fingerprint density at radius 3 is 2.41 bits per heavy atom. The van der Waals surface area contributed by atoms with Crippen LogP contribution in [0.5, 0.6) is 11.5 Å². The topological polar surface area (TPSA) is 93.1 Å². The molecule has 1 fully saturated rings. The first-order chi connectivity index (χ1) is 17.7. The number of ketones is 1. The number of rotatable bonds is 6. The highest BCUT2D eigenvalue weighted by Gasteiger charge is 2.47. The molecule has 3 aromatic rings. The highest BCUT2D eigenvalue weighted by molar-refractivity contribution is 6.51. The Kier molecular flexibility index (Phi) is 7.36. The minimum atomic E-state index is -1.01. The number of Topliss-reactive ketones (excluding diaryl/α,β-unsaturated/α-hetero) is 1. The van der Waals surface area contributed by atoms with Gasteiger partial charge in [0.2, 0.25) is 0 Å². The number of ether oxygens (including phenoxy) is 2. The molecule has 3 aromatic carbocycles. The SMILES string of the molecule is CCc1ccc(N2C(=O)C(=O)/C(=C(/O)c3cc(C)cc(Cl)c3OC)C2c2cccc(OC(C)=O)c2)cc1. The number of benzene rings is 3. The Labute approximate surface area is 219 Å². The molecule has 0 aromatic heterocycles. The van der Waals surface area contributed by atoms with E-state index in [1.807, 2.05) is 19.1 Å². The molecule has 0 bridgehead atoms. The van der Waals surface area contributed by atoms with Crippen molar-refractivity contribution < 1.29 is 29.0 Å². The minimum Gasteiger partial charge on any atom is -0.507 e. The second-order valence-electron chi connectivity index (χ2n) is 8.68. The Hall–Kier alpha value is -4.10. The first-order valence-electron chi connectivity index (χ1n) is 11.7. The van der Waals surface area contributed by atoms with Gasteiger partial charge in [-0.25, -0.2) is 0 Å². The third-order valence-corrected chi connectivity index (χ3v) is 6.43. The van der Waals surface area contributed by atoms with Gasteiger partial charge in [0.05, 0.1) is 29.3 Å². The van der Waals surface area contributed by atoms with E-state index in [9.17, 15) is 19.5 Å². The van der Waals surface area contributed by atoms with Gasteiger partial charge in [0.1, 0.15) is 17.3 Å². The molecule has 1 heterocycles. The summed E-state index contributed by atoms with van der Waals surface area (Å²) in [5, 5.41) is 11.8. The lowest BCUT2D eigenvalue weighted by Gasteiger charge is -2.26. The second-order valence-corrected chi connectivity index (χ2v) is 9.09. The van der Waals surface area contributed by atoms with Crippen molar-refractivity contribution in [2.45, 2.75) is 33.2 Å². The number of aryl methyl sites for hydroxylation is 2. The number of anilines is 1. The van der Waals surface area contributed by atoms with E-state index in [0.29, 0.717) is 11.3 Å². The van der Waals surface area contributed by atoms with Crippen LogP contribution < -0.4 is 14.4 Å². The second kappa shape index (κ2) is 10.5. The van der Waals surface area contributed by atoms with Gasteiger partial charge >= 0.3 is 5.97 Å². The predicted octanol–water partition coefficient (Wildman–Crippen LogP) is 5.77. The third kappa shape index (κ3) is 4.95. The zero-order chi connectivity index (χ0) is 26.9. The molecule has 1 N–H and O–H groups in total. The van der Waals surface area contributed by atoms with Gasteiger partial charge in [0.25, 0.3) is 11.7 Å². The van der Waals surface area contributed by atoms with Crippen molar-refractivity contribution in [3.8, 4) is 11.5 Å².